The second-order valence-corrected chi connectivity index (χ2v) is 8.62. The Hall–Kier alpha value is -3.96. The molecule has 1 aromatic heterocycles. The monoisotopic (exact) mass is 548 g/mol. The number of carbonyl (C=O) groups is 2. The highest BCUT2D eigenvalue weighted by molar-refractivity contribution is 6.30. The zero-order chi connectivity index (χ0) is 27.8. The molecule has 4 N–H and O–H groups in total. The number of halogens is 3. The molecular formula is C26H27ClF2N4O5. The Morgan fingerprint density at radius 2 is 1.74 bits per heavy atom. The largest absolute Gasteiger partial charge is 0.497 e. The molecule has 202 valence electrons. The number of nitrogens with two attached hydrogens (primary N) is 1. The lowest BCUT2D eigenvalue weighted by Crippen LogP contribution is -2.26. The van der Waals surface area contributed by atoms with Crippen LogP contribution in [0.15, 0.2) is 48.5 Å². The van der Waals surface area contributed by atoms with Gasteiger partial charge in [0, 0.05) is 65.8 Å². The molecule has 2 heterocycles. The van der Waals surface area contributed by atoms with E-state index in [2.05, 4.69) is 10.3 Å². The van der Waals surface area contributed by atoms with E-state index in [9.17, 15) is 18.4 Å². The van der Waals surface area contributed by atoms with E-state index in [1.807, 2.05) is 0 Å². The van der Waals surface area contributed by atoms with Crippen molar-refractivity contribution in [3.63, 3.8) is 0 Å². The Kier molecular flexibility index (Phi) is 9.80. The summed E-state index contributed by atoms with van der Waals surface area (Å²) in [6.07, 6.45) is -0.0432. The van der Waals surface area contributed by atoms with Crippen molar-refractivity contribution < 1.29 is 33.0 Å². The molecule has 1 fully saturated rings. The van der Waals surface area contributed by atoms with Crippen LogP contribution in [0.3, 0.4) is 0 Å². The minimum Gasteiger partial charge on any atom is -0.497 e. The summed E-state index contributed by atoms with van der Waals surface area (Å²) in [4.78, 5) is 28.8. The number of primary amides is 1. The number of carbonyl (C=O) groups excluding carboxylic acids is 2. The number of benzene rings is 2. The Balaban J connectivity index is 0.000000336. The number of aliphatic hydroxyl groups is 1. The van der Waals surface area contributed by atoms with Crippen LogP contribution in [0.5, 0.6) is 11.5 Å². The first-order valence-electron chi connectivity index (χ1n) is 11.5. The summed E-state index contributed by atoms with van der Waals surface area (Å²) in [7, 11) is 2.80. The predicted molar refractivity (Wildman–Crippen MR) is 139 cm³/mol. The lowest BCUT2D eigenvalue weighted by Gasteiger charge is -2.18. The topological polar surface area (TPSA) is 127 Å². The number of methoxy groups -OCH3 is 2. The van der Waals surface area contributed by atoms with Crippen LogP contribution < -0.4 is 25.4 Å². The summed E-state index contributed by atoms with van der Waals surface area (Å²) in [5.41, 5.74) is 5.32. The van der Waals surface area contributed by atoms with E-state index in [-0.39, 0.29) is 43.3 Å². The number of hydrogen-bond acceptors (Lipinski definition) is 7. The average Bonchev–Trinajstić information content (AvgIpc) is 3.28. The first kappa shape index (κ1) is 28.6. The van der Waals surface area contributed by atoms with Crippen molar-refractivity contribution >= 4 is 35.1 Å². The third kappa shape index (κ3) is 7.08. The lowest BCUT2D eigenvalue weighted by atomic mass is 9.97. The number of ether oxygens (including phenoxy) is 2. The van der Waals surface area contributed by atoms with Gasteiger partial charge >= 0.3 is 0 Å². The maximum atomic E-state index is 14.4. The first-order chi connectivity index (χ1) is 18.2. The number of nitrogens with zero attached hydrogens (tertiary/aromatic N) is 2. The van der Waals surface area contributed by atoms with E-state index in [1.54, 1.807) is 36.4 Å². The normalized spacial score (nSPS) is 14.5. The van der Waals surface area contributed by atoms with Crippen molar-refractivity contribution in [2.75, 3.05) is 44.1 Å². The molecule has 1 aliphatic heterocycles. The molecule has 1 atom stereocenters. The van der Waals surface area contributed by atoms with Crippen molar-refractivity contribution in [3.8, 4) is 11.5 Å². The van der Waals surface area contributed by atoms with E-state index in [0.717, 1.165) is 12.1 Å². The zero-order valence-corrected chi connectivity index (χ0v) is 21.5. The van der Waals surface area contributed by atoms with Gasteiger partial charge in [0.2, 0.25) is 11.8 Å². The van der Waals surface area contributed by atoms with Crippen molar-refractivity contribution in [2.45, 2.75) is 12.3 Å². The summed E-state index contributed by atoms with van der Waals surface area (Å²) in [6, 6.07) is 11.8. The highest BCUT2D eigenvalue weighted by Gasteiger charge is 2.36. The number of aliphatic hydroxyl groups excluding tert-OH is 1. The van der Waals surface area contributed by atoms with Crippen LogP contribution in [0.1, 0.15) is 28.3 Å². The minimum atomic E-state index is -0.750. The minimum absolute atomic E-state index is 0.0432. The summed E-state index contributed by atoms with van der Waals surface area (Å²) in [5, 5.41) is 12.5. The Morgan fingerprint density at radius 1 is 1.13 bits per heavy atom. The van der Waals surface area contributed by atoms with Gasteiger partial charge in [-0.15, -0.1) is 0 Å². The Labute approximate surface area is 223 Å². The molecule has 0 bridgehead atoms. The van der Waals surface area contributed by atoms with Crippen LogP contribution in [-0.2, 0) is 4.79 Å². The Bertz CT molecular complexity index is 1270. The van der Waals surface area contributed by atoms with Gasteiger partial charge in [-0.3, -0.25) is 14.5 Å². The smallest absolute Gasteiger partial charge is 0.248 e. The molecular weight excluding hydrogens is 522 g/mol. The molecule has 38 heavy (non-hydrogen) atoms. The molecule has 4 rings (SSSR count). The molecule has 0 radical (unpaired) electrons. The van der Waals surface area contributed by atoms with Crippen LogP contribution in [0.2, 0.25) is 5.02 Å². The summed E-state index contributed by atoms with van der Waals surface area (Å²) < 4.78 is 38.9. The second kappa shape index (κ2) is 13.0. The number of nitrogens with one attached hydrogen (secondary N) is 1. The van der Waals surface area contributed by atoms with E-state index >= 15 is 0 Å². The van der Waals surface area contributed by atoms with Gasteiger partial charge in [0.15, 0.2) is 0 Å². The van der Waals surface area contributed by atoms with E-state index in [4.69, 9.17) is 31.9 Å². The molecule has 0 saturated carbocycles. The maximum absolute atomic E-state index is 14.4. The van der Waals surface area contributed by atoms with E-state index in [0.29, 0.717) is 28.0 Å². The first-order valence-corrected chi connectivity index (χ1v) is 11.8. The van der Waals surface area contributed by atoms with E-state index < -0.39 is 23.5 Å². The standard InChI is InChI=1S/C19H21F2N3O4.C7H6ClNO/c1-27-12-6-14(20)19(15(21)7-12)11-5-18(26)24(10-11)17-9-13(28-2)8-16(23-17)22-3-4-25;8-6-3-1-5(2-4-6)7(9)10/h6-9,11,25H,3-5,10H2,1-2H3,(H,22,23);1-4H,(H2,9,10). The number of rotatable bonds is 8. The van der Waals surface area contributed by atoms with Crippen molar-refractivity contribution in [1.29, 1.82) is 0 Å². The number of aromatic nitrogens is 1. The molecule has 2 amide bonds. The van der Waals surface area contributed by atoms with E-state index in [1.165, 1.54) is 19.1 Å². The van der Waals surface area contributed by atoms with Crippen molar-refractivity contribution in [2.24, 2.45) is 5.73 Å². The second-order valence-electron chi connectivity index (χ2n) is 8.18. The molecule has 9 nitrogen and oxygen atoms in total. The van der Waals surface area contributed by atoms with Gasteiger partial charge in [0.1, 0.15) is 34.8 Å². The zero-order valence-electron chi connectivity index (χ0n) is 20.7. The molecule has 1 saturated heterocycles. The van der Waals surface area contributed by atoms with Crippen LogP contribution in [0.4, 0.5) is 20.4 Å². The van der Waals surface area contributed by atoms with Gasteiger partial charge in [0.25, 0.3) is 0 Å². The number of amides is 2. The average molecular weight is 549 g/mol. The van der Waals surface area contributed by atoms with Crippen molar-refractivity contribution in [1.82, 2.24) is 4.98 Å². The van der Waals surface area contributed by atoms with Crippen LogP contribution in [0, 0.1) is 11.6 Å². The summed E-state index contributed by atoms with van der Waals surface area (Å²) in [5.74, 6) is -1.62. The number of pyridine rings is 1. The fraction of sp³-hybridized carbons (Fsp3) is 0.269. The molecule has 0 aliphatic carbocycles. The molecule has 3 aromatic rings. The fourth-order valence-electron chi connectivity index (χ4n) is 3.83. The van der Waals surface area contributed by atoms with Crippen LogP contribution in [-0.4, -0.2) is 55.8 Å². The van der Waals surface area contributed by atoms with Crippen LogP contribution in [0.25, 0.3) is 0 Å². The van der Waals surface area contributed by atoms with Gasteiger partial charge < -0.3 is 25.6 Å². The predicted octanol–water partition coefficient (Wildman–Crippen LogP) is 3.74. The van der Waals surface area contributed by atoms with Gasteiger partial charge in [-0.05, 0) is 24.3 Å². The number of hydrogen-bond donors (Lipinski definition) is 3. The fourth-order valence-corrected chi connectivity index (χ4v) is 3.95. The lowest BCUT2D eigenvalue weighted by molar-refractivity contribution is -0.117. The Morgan fingerprint density at radius 3 is 2.29 bits per heavy atom. The molecule has 2 aromatic carbocycles. The molecule has 1 aliphatic rings. The van der Waals surface area contributed by atoms with Crippen molar-refractivity contribution in [3.05, 3.63) is 76.3 Å². The quantitative estimate of drug-likeness (QED) is 0.391. The third-order valence-corrected chi connectivity index (χ3v) is 5.92. The summed E-state index contributed by atoms with van der Waals surface area (Å²) in [6.45, 7) is 0.270. The molecule has 0 spiro atoms. The summed E-state index contributed by atoms with van der Waals surface area (Å²) >= 11 is 5.56. The number of anilines is 2. The van der Waals surface area contributed by atoms with Crippen LogP contribution >= 0.6 is 11.6 Å². The van der Waals surface area contributed by atoms with Gasteiger partial charge in [0.05, 0.1) is 20.8 Å². The van der Waals surface area contributed by atoms with Gasteiger partial charge in [-0.25, -0.2) is 13.8 Å². The van der Waals surface area contributed by atoms with Gasteiger partial charge in [-0.1, -0.05) is 11.6 Å². The highest BCUT2D eigenvalue weighted by atomic mass is 35.5. The SMILES string of the molecule is COc1cc(NCCO)nc(N2CC(c3c(F)cc(OC)cc3F)CC2=O)c1.NC(=O)c1ccc(Cl)cc1. The molecule has 12 heteroatoms. The third-order valence-electron chi connectivity index (χ3n) is 5.67. The molecule has 1 unspecified atom stereocenters. The maximum Gasteiger partial charge on any atom is 0.248 e. The highest BCUT2D eigenvalue weighted by Crippen LogP contribution is 2.36. The van der Waals surface area contributed by atoms with Gasteiger partial charge in [-0.2, -0.15) is 0 Å².